The fourth-order valence-electron chi connectivity index (χ4n) is 2.25. The van der Waals surface area contributed by atoms with Crippen molar-refractivity contribution in [2.75, 3.05) is 13.1 Å². The van der Waals surface area contributed by atoms with E-state index in [1.54, 1.807) is 17.9 Å². The Balaban J connectivity index is 2.20. The summed E-state index contributed by atoms with van der Waals surface area (Å²) < 4.78 is 13.8. The van der Waals surface area contributed by atoms with Crippen LogP contribution in [0.2, 0.25) is 0 Å². The molecule has 1 unspecified atom stereocenters. The molecule has 1 aliphatic heterocycles. The average Bonchev–Trinajstić information content (AvgIpc) is 2.25. The minimum atomic E-state index is -0.849. The zero-order chi connectivity index (χ0) is 13.3. The van der Waals surface area contributed by atoms with Crippen molar-refractivity contribution in [3.05, 3.63) is 34.1 Å². The van der Waals surface area contributed by atoms with Gasteiger partial charge in [0.1, 0.15) is 5.82 Å². The lowest BCUT2D eigenvalue weighted by Gasteiger charge is -2.36. The highest BCUT2D eigenvalue weighted by Gasteiger charge is 2.31. The molecule has 0 spiro atoms. The van der Waals surface area contributed by atoms with Crippen molar-refractivity contribution in [3.8, 4) is 0 Å². The third-order valence-electron chi connectivity index (χ3n) is 3.07. The van der Waals surface area contributed by atoms with Crippen LogP contribution in [0.3, 0.4) is 0 Å². The standard InChI is InChI=1S/C13H15BrFNO2/c1-13(18)3-2-4-16(8-13)12(17)9-5-10(14)7-11(15)6-9/h5-7,18H,2-4,8H2,1H3. The molecule has 0 aliphatic carbocycles. The second kappa shape index (κ2) is 4.97. The summed E-state index contributed by atoms with van der Waals surface area (Å²) in [6, 6.07) is 4.12. The van der Waals surface area contributed by atoms with E-state index in [-0.39, 0.29) is 5.91 Å². The topological polar surface area (TPSA) is 40.5 Å². The van der Waals surface area contributed by atoms with Crippen LogP contribution in [0.4, 0.5) is 4.39 Å². The first-order valence-electron chi connectivity index (χ1n) is 5.85. The molecule has 3 nitrogen and oxygen atoms in total. The van der Waals surface area contributed by atoms with Crippen LogP contribution in [0.5, 0.6) is 0 Å². The largest absolute Gasteiger partial charge is 0.388 e. The molecule has 0 aromatic heterocycles. The first kappa shape index (κ1) is 13.5. The van der Waals surface area contributed by atoms with Crippen molar-refractivity contribution in [2.24, 2.45) is 0 Å². The fraction of sp³-hybridized carbons (Fsp3) is 0.462. The summed E-state index contributed by atoms with van der Waals surface area (Å²) in [6.07, 6.45) is 1.44. The van der Waals surface area contributed by atoms with E-state index < -0.39 is 11.4 Å². The molecule has 1 N–H and O–H groups in total. The highest BCUT2D eigenvalue weighted by Crippen LogP contribution is 2.23. The molecule has 1 saturated heterocycles. The van der Waals surface area contributed by atoms with E-state index in [0.717, 1.165) is 6.42 Å². The minimum Gasteiger partial charge on any atom is -0.388 e. The van der Waals surface area contributed by atoms with Crippen LogP contribution in [0.1, 0.15) is 30.1 Å². The number of β-amino-alcohol motifs (C(OH)–C–C–N with tert-alkyl or cyclic N) is 1. The van der Waals surface area contributed by atoms with Crippen LogP contribution in [0.15, 0.2) is 22.7 Å². The predicted octanol–water partition coefficient (Wildman–Crippen LogP) is 2.58. The molecule has 1 atom stereocenters. The Kier molecular flexibility index (Phi) is 3.73. The Bertz CT molecular complexity index is 456. The monoisotopic (exact) mass is 315 g/mol. The molecule has 5 heteroatoms. The van der Waals surface area contributed by atoms with Gasteiger partial charge in [0, 0.05) is 23.1 Å². The van der Waals surface area contributed by atoms with E-state index >= 15 is 0 Å². The molecule has 1 fully saturated rings. The second-order valence-corrected chi connectivity index (χ2v) is 5.90. The van der Waals surface area contributed by atoms with Gasteiger partial charge in [-0.15, -0.1) is 0 Å². The molecule has 0 radical (unpaired) electrons. The summed E-state index contributed by atoms with van der Waals surface area (Å²) in [5, 5.41) is 9.97. The van der Waals surface area contributed by atoms with Crippen LogP contribution >= 0.6 is 15.9 Å². The average molecular weight is 316 g/mol. The molecule has 18 heavy (non-hydrogen) atoms. The lowest BCUT2D eigenvalue weighted by Crippen LogP contribution is -2.48. The van der Waals surface area contributed by atoms with Crippen LogP contribution < -0.4 is 0 Å². The summed E-state index contributed by atoms with van der Waals surface area (Å²) in [6.45, 7) is 2.61. The van der Waals surface area contributed by atoms with E-state index in [1.165, 1.54) is 12.1 Å². The number of hydrogen-bond donors (Lipinski definition) is 1. The smallest absolute Gasteiger partial charge is 0.254 e. The number of amides is 1. The summed E-state index contributed by atoms with van der Waals surface area (Å²) in [5.74, 6) is -0.688. The molecule has 0 saturated carbocycles. The summed E-state index contributed by atoms with van der Waals surface area (Å²) in [7, 11) is 0. The number of carbonyl (C=O) groups is 1. The lowest BCUT2D eigenvalue weighted by atomic mass is 9.94. The van der Waals surface area contributed by atoms with Gasteiger partial charge in [0.25, 0.3) is 5.91 Å². The van der Waals surface area contributed by atoms with Gasteiger partial charge in [0.2, 0.25) is 0 Å². The quantitative estimate of drug-likeness (QED) is 0.865. The van der Waals surface area contributed by atoms with Gasteiger partial charge in [-0.3, -0.25) is 4.79 Å². The van der Waals surface area contributed by atoms with Gasteiger partial charge < -0.3 is 10.0 Å². The Morgan fingerprint density at radius 1 is 1.50 bits per heavy atom. The maximum atomic E-state index is 13.3. The number of nitrogens with zero attached hydrogens (tertiary/aromatic N) is 1. The number of halogens is 2. The van der Waals surface area contributed by atoms with Crippen LogP contribution in [-0.2, 0) is 0 Å². The van der Waals surface area contributed by atoms with Gasteiger partial charge in [-0.1, -0.05) is 15.9 Å². The third-order valence-corrected chi connectivity index (χ3v) is 3.53. The van der Waals surface area contributed by atoms with Gasteiger partial charge in [0.15, 0.2) is 0 Å². The molecule has 98 valence electrons. The Hall–Kier alpha value is -0.940. The van der Waals surface area contributed by atoms with Crippen molar-refractivity contribution >= 4 is 21.8 Å². The van der Waals surface area contributed by atoms with E-state index in [9.17, 15) is 14.3 Å². The summed E-state index contributed by atoms with van der Waals surface area (Å²) >= 11 is 3.17. The normalized spacial score (nSPS) is 24.1. The van der Waals surface area contributed by atoms with Crippen molar-refractivity contribution in [1.29, 1.82) is 0 Å². The van der Waals surface area contributed by atoms with Gasteiger partial charge in [-0.25, -0.2) is 4.39 Å². The number of piperidine rings is 1. The number of benzene rings is 1. The highest BCUT2D eigenvalue weighted by molar-refractivity contribution is 9.10. The Morgan fingerprint density at radius 2 is 2.22 bits per heavy atom. The van der Waals surface area contributed by atoms with E-state index in [1.807, 2.05) is 0 Å². The second-order valence-electron chi connectivity index (χ2n) is 4.99. The van der Waals surface area contributed by atoms with Crippen molar-refractivity contribution < 1.29 is 14.3 Å². The zero-order valence-electron chi connectivity index (χ0n) is 10.1. The van der Waals surface area contributed by atoms with Crippen LogP contribution in [-0.4, -0.2) is 34.6 Å². The number of hydrogen-bond acceptors (Lipinski definition) is 2. The maximum Gasteiger partial charge on any atom is 0.254 e. The molecular weight excluding hydrogens is 301 g/mol. The molecule has 1 amide bonds. The molecule has 2 rings (SSSR count). The molecule has 1 aromatic rings. The van der Waals surface area contributed by atoms with Crippen LogP contribution in [0, 0.1) is 5.82 Å². The lowest BCUT2D eigenvalue weighted by molar-refractivity contribution is -0.0107. The van der Waals surface area contributed by atoms with Gasteiger partial charge in [-0.2, -0.15) is 0 Å². The molecule has 1 aliphatic rings. The maximum absolute atomic E-state index is 13.3. The highest BCUT2D eigenvalue weighted by atomic mass is 79.9. The Labute approximate surface area is 114 Å². The van der Waals surface area contributed by atoms with Gasteiger partial charge >= 0.3 is 0 Å². The van der Waals surface area contributed by atoms with Crippen LogP contribution in [0.25, 0.3) is 0 Å². The van der Waals surface area contributed by atoms with E-state index in [4.69, 9.17) is 0 Å². The molecular formula is C13H15BrFNO2. The summed E-state index contributed by atoms with van der Waals surface area (Å²) in [5.41, 5.74) is -0.544. The predicted molar refractivity (Wildman–Crippen MR) is 69.9 cm³/mol. The van der Waals surface area contributed by atoms with Crippen molar-refractivity contribution in [1.82, 2.24) is 4.90 Å². The van der Waals surface area contributed by atoms with Crippen molar-refractivity contribution in [3.63, 3.8) is 0 Å². The molecule has 1 heterocycles. The zero-order valence-corrected chi connectivity index (χ0v) is 11.7. The third kappa shape index (κ3) is 3.09. The minimum absolute atomic E-state index is 0.241. The number of aliphatic hydroxyl groups is 1. The fourth-order valence-corrected chi connectivity index (χ4v) is 2.72. The molecule has 0 bridgehead atoms. The van der Waals surface area contributed by atoms with Crippen molar-refractivity contribution in [2.45, 2.75) is 25.4 Å². The first-order valence-corrected chi connectivity index (χ1v) is 6.64. The van der Waals surface area contributed by atoms with Gasteiger partial charge in [-0.05, 0) is 38.0 Å². The van der Waals surface area contributed by atoms with E-state index in [2.05, 4.69) is 15.9 Å². The van der Waals surface area contributed by atoms with Gasteiger partial charge in [0.05, 0.1) is 5.60 Å². The van der Waals surface area contributed by atoms with E-state index in [0.29, 0.717) is 29.5 Å². The number of carbonyl (C=O) groups excluding carboxylic acids is 1. The first-order chi connectivity index (χ1) is 8.37. The SMILES string of the molecule is CC1(O)CCCN(C(=O)c2cc(F)cc(Br)c2)C1. The molecule has 1 aromatic carbocycles. The number of likely N-dealkylation sites (tertiary alicyclic amines) is 1. The number of rotatable bonds is 1. The summed E-state index contributed by atoms with van der Waals surface area (Å²) in [4.78, 5) is 13.8. The Morgan fingerprint density at radius 3 is 2.83 bits per heavy atom.